The Hall–Kier alpha value is -4.91. The van der Waals surface area contributed by atoms with Crippen LogP contribution in [0.1, 0.15) is 28.2 Å². The van der Waals surface area contributed by atoms with Gasteiger partial charge in [0.25, 0.3) is 0 Å². The van der Waals surface area contributed by atoms with Gasteiger partial charge in [-0.05, 0) is 71.1 Å². The molecule has 1 aliphatic carbocycles. The van der Waals surface area contributed by atoms with Gasteiger partial charge >= 0.3 is 5.97 Å². The monoisotopic (exact) mass is 543 g/mol. The van der Waals surface area contributed by atoms with Gasteiger partial charge in [-0.15, -0.1) is 0 Å². The van der Waals surface area contributed by atoms with Crippen LogP contribution in [0.5, 0.6) is 17.2 Å². The van der Waals surface area contributed by atoms with Crippen molar-refractivity contribution in [3.63, 3.8) is 0 Å². The Labute approximate surface area is 235 Å². The highest BCUT2D eigenvalue weighted by atomic mass is 16.7. The summed E-state index contributed by atoms with van der Waals surface area (Å²) in [7, 11) is 0. The number of allylic oxidation sites excluding steroid dienone is 1. The van der Waals surface area contributed by atoms with E-state index in [-0.39, 0.29) is 18.6 Å². The number of ether oxygens (including phenoxy) is 3. The zero-order valence-electron chi connectivity index (χ0n) is 22.4. The average molecular weight is 544 g/mol. The number of rotatable bonds is 2. The summed E-state index contributed by atoms with van der Waals surface area (Å²) in [5.41, 5.74) is 4.63. The van der Waals surface area contributed by atoms with Crippen LogP contribution in [-0.4, -0.2) is 24.6 Å². The van der Waals surface area contributed by atoms with Crippen LogP contribution in [0.3, 0.4) is 0 Å². The molecule has 3 aliphatic heterocycles. The van der Waals surface area contributed by atoms with E-state index in [2.05, 4.69) is 0 Å². The van der Waals surface area contributed by atoms with Gasteiger partial charge in [0.2, 0.25) is 18.6 Å². The third-order valence-electron chi connectivity index (χ3n) is 8.87. The number of nitrogens with zero attached hydrogens (tertiary/aromatic N) is 1. The van der Waals surface area contributed by atoms with E-state index in [1.54, 1.807) is 6.07 Å². The summed E-state index contributed by atoms with van der Waals surface area (Å²) in [4.78, 5) is 43.7. The van der Waals surface area contributed by atoms with Gasteiger partial charge < -0.3 is 14.2 Å². The van der Waals surface area contributed by atoms with E-state index in [1.807, 2.05) is 86.7 Å². The molecule has 1 fully saturated rings. The van der Waals surface area contributed by atoms with Gasteiger partial charge in [0.05, 0.1) is 23.4 Å². The van der Waals surface area contributed by atoms with Crippen LogP contribution in [0.15, 0.2) is 78.9 Å². The van der Waals surface area contributed by atoms with E-state index in [0.29, 0.717) is 22.9 Å². The molecule has 7 nitrogen and oxygen atoms in total. The number of fused-ring (bicyclic) bond motifs is 8. The van der Waals surface area contributed by atoms with Crippen LogP contribution in [0, 0.1) is 31.6 Å². The first-order valence-electron chi connectivity index (χ1n) is 13.7. The third kappa shape index (κ3) is 3.35. The maximum Gasteiger partial charge on any atom is 0.319 e. The largest absolute Gasteiger partial charge is 0.454 e. The summed E-state index contributed by atoms with van der Waals surface area (Å²) in [6.45, 7) is 3.94. The summed E-state index contributed by atoms with van der Waals surface area (Å²) >= 11 is 0. The highest BCUT2D eigenvalue weighted by Gasteiger charge is 2.60. The molecule has 0 aromatic heterocycles. The molecule has 41 heavy (non-hydrogen) atoms. The molecular formula is C34H25NO6. The van der Waals surface area contributed by atoms with Crippen molar-refractivity contribution in [3.05, 3.63) is 101 Å². The predicted molar refractivity (Wildman–Crippen MR) is 152 cm³/mol. The molecule has 0 bridgehead atoms. The third-order valence-corrected chi connectivity index (χ3v) is 8.87. The molecule has 0 N–H and O–H groups in total. The Morgan fingerprint density at radius 1 is 0.780 bits per heavy atom. The van der Waals surface area contributed by atoms with Gasteiger partial charge in [-0.1, -0.05) is 54.6 Å². The molecule has 0 unspecified atom stereocenters. The van der Waals surface area contributed by atoms with Gasteiger partial charge in [-0.25, -0.2) is 4.90 Å². The van der Waals surface area contributed by atoms with Crippen molar-refractivity contribution in [1.29, 1.82) is 0 Å². The minimum atomic E-state index is -0.919. The van der Waals surface area contributed by atoms with Crippen LogP contribution in [-0.2, 0) is 14.4 Å². The number of amides is 2. The fourth-order valence-corrected chi connectivity index (χ4v) is 6.98. The zero-order valence-corrected chi connectivity index (χ0v) is 22.4. The maximum absolute atomic E-state index is 14.4. The highest BCUT2D eigenvalue weighted by Crippen LogP contribution is 2.56. The second-order valence-electron chi connectivity index (χ2n) is 11.2. The maximum atomic E-state index is 14.4. The first-order chi connectivity index (χ1) is 19.9. The van der Waals surface area contributed by atoms with E-state index < -0.39 is 29.6 Å². The number of carbonyl (C=O) groups excluding carboxylic acids is 3. The molecule has 4 atom stereocenters. The number of hydrogen-bond acceptors (Lipinski definition) is 6. The second kappa shape index (κ2) is 8.54. The fourth-order valence-electron chi connectivity index (χ4n) is 6.98. The van der Waals surface area contributed by atoms with E-state index in [0.717, 1.165) is 38.6 Å². The Bertz CT molecular complexity index is 1870. The standard InChI is InChI=1S/C34H25NO6/c1-17-7-8-18(2)24(13-17)35-32(36)29-22(20-10-11-25-27(14-20)40-16-39-25)15-23-28-21-6-4-3-5-19(21)9-12-26(28)41-34(38)30(23)31(29)33(35)37/h3-15,22,29-31H,16H2,1-2H3/t22-,29+,30-,31+/m1/s1. The second-order valence-corrected chi connectivity index (χ2v) is 11.2. The van der Waals surface area contributed by atoms with Gasteiger partial charge in [0.15, 0.2) is 11.5 Å². The van der Waals surface area contributed by atoms with Crippen molar-refractivity contribution in [2.45, 2.75) is 19.8 Å². The Kier molecular flexibility index (Phi) is 4.99. The molecule has 0 spiro atoms. The average Bonchev–Trinajstić information content (AvgIpc) is 3.55. The van der Waals surface area contributed by atoms with Gasteiger partial charge in [-0.2, -0.15) is 0 Å². The Morgan fingerprint density at radius 2 is 1.56 bits per heavy atom. The quantitative estimate of drug-likeness (QED) is 0.183. The molecule has 4 aromatic carbocycles. The van der Waals surface area contributed by atoms with Crippen LogP contribution in [0.2, 0.25) is 0 Å². The molecular weight excluding hydrogens is 518 g/mol. The van der Waals surface area contributed by atoms with E-state index in [9.17, 15) is 14.4 Å². The SMILES string of the molecule is Cc1ccc(C)c(N2C(=O)[C@@H]3[C@@H]4C(=O)Oc5ccc6ccccc6c5C4=C[C@H](c4ccc5c(c4)OCO5)[C@@H]3C2=O)c1. The molecule has 4 aromatic rings. The number of imide groups is 1. The van der Waals surface area contributed by atoms with Crippen molar-refractivity contribution in [1.82, 2.24) is 0 Å². The van der Waals surface area contributed by atoms with Gasteiger partial charge in [-0.3, -0.25) is 14.4 Å². The van der Waals surface area contributed by atoms with Crippen molar-refractivity contribution >= 4 is 39.8 Å². The first kappa shape index (κ1) is 23.9. The van der Waals surface area contributed by atoms with Gasteiger partial charge in [0, 0.05) is 11.5 Å². The van der Waals surface area contributed by atoms with Gasteiger partial charge in [0.1, 0.15) is 5.75 Å². The van der Waals surface area contributed by atoms with Crippen molar-refractivity contribution in [2.24, 2.45) is 17.8 Å². The molecule has 0 radical (unpaired) electrons. The lowest BCUT2D eigenvalue weighted by Crippen LogP contribution is -2.42. The summed E-state index contributed by atoms with van der Waals surface area (Å²) in [6, 6.07) is 23.0. The smallest absolute Gasteiger partial charge is 0.319 e. The van der Waals surface area contributed by atoms with Crippen molar-refractivity contribution < 1.29 is 28.6 Å². The fraction of sp³-hybridized carbons (Fsp3) is 0.206. The zero-order chi connectivity index (χ0) is 28.0. The molecule has 0 saturated carbocycles. The lowest BCUT2D eigenvalue weighted by Gasteiger charge is -2.38. The van der Waals surface area contributed by atoms with Crippen molar-refractivity contribution in [3.8, 4) is 17.2 Å². The number of hydrogen-bond donors (Lipinski definition) is 0. The van der Waals surface area contributed by atoms with E-state index in [1.165, 1.54) is 4.90 Å². The number of aryl methyl sites for hydroxylation is 2. The summed E-state index contributed by atoms with van der Waals surface area (Å²) in [6.07, 6.45) is 2.01. The number of carbonyl (C=O) groups is 3. The normalized spacial score (nSPS) is 24.1. The van der Waals surface area contributed by atoms with Crippen LogP contribution < -0.4 is 19.1 Å². The summed E-state index contributed by atoms with van der Waals surface area (Å²) in [5.74, 6) is -2.62. The first-order valence-corrected chi connectivity index (χ1v) is 13.7. The predicted octanol–water partition coefficient (Wildman–Crippen LogP) is 5.71. The minimum absolute atomic E-state index is 0.127. The molecule has 8 rings (SSSR count). The Balaban J connectivity index is 1.37. The lowest BCUT2D eigenvalue weighted by molar-refractivity contribution is -0.142. The number of esters is 1. The molecule has 1 saturated heterocycles. The van der Waals surface area contributed by atoms with E-state index >= 15 is 0 Å². The van der Waals surface area contributed by atoms with Crippen LogP contribution in [0.25, 0.3) is 16.3 Å². The van der Waals surface area contributed by atoms with Crippen molar-refractivity contribution in [2.75, 3.05) is 11.7 Å². The Morgan fingerprint density at radius 3 is 2.44 bits per heavy atom. The molecule has 7 heteroatoms. The number of benzene rings is 4. The summed E-state index contributed by atoms with van der Waals surface area (Å²) in [5, 5.41) is 1.93. The van der Waals surface area contributed by atoms with Crippen LogP contribution in [0.4, 0.5) is 5.69 Å². The summed E-state index contributed by atoms with van der Waals surface area (Å²) < 4.78 is 17.1. The molecule has 2 amide bonds. The minimum Gasteiger partial charge on any atom is -0.454 e. The molecule has 4 aliphatic rings. The highest BCUT2D eigenvalue weighted by molar-refractivity contribution is 6.25. The molecule has 202 valence electrons. The topological polar surface area (TPSA) is 82.1 Å². The number of anilines is 1. The molecule has 3 heterocycles. The van der Waals surface area contributed by atoms with Crippen LogP contribution >= 0.6 is 0 Å². The van der Waals surface area contributed by atoms with E-state index in [4.69, 9.17) is 14.2 Å². The lowest BCUT2D eigenvalue weighted by atomic mass is 9.64.